The number of carbonyl (C=O) groups is 1. The van der Waals surface area contributed by atoms with Crippen molar-refractivity contribution in [3.63, 3.8) is 0 Å². The van der Waals surface area contributed by atoms with Gasteiger partial charge in [-0.3, -0.25) is 4.79 Å². The molecule has 0 radical (unpaired) electrons. The predicted molar refractivity (Wildman–Crippen MR) is 87.4 cm³/mol. The minimum atomic E-state index is -3.30. The summed E-state index contributed by atoms with van der Waals surface area (Å²) in [5.41, 5.74) is 5.66. The molecular weight excluding hydrogens is 316 g/mol. The molecule has 20 heavy (non-hydrogen) atoms. The molecule has 1 saturated heterocycles. The van der Waals surface area contributed by atoms with Crippen molar-refractivity contribution in [2.45, 2.75) is 26.1 Å². The minimum Gasteiger partial charge on any atom is -0.393 e. The smallest absolute Gasteiger partial charge is 0.233 e. The number of carbonyl (C=O) groups excluding carboxylic acids is 1. The zero-order chi connectivity index (χ0) is 15.5. The Balaban J connectivity index is 3.07. The fourth-order valence-corrected chi connectivity index (χ4v) is 5.58. The molecule has 2 N–H and O–H groups in total. The fraction of sp³-hybridized carbons (Fsp3) is 0.833. The largest absolute Gasteiger partial charge is 0.393 e. The Morgan fingerprint density at radius 3 is 2.55 bits per heavy atom. The number of nitrogens with zero attached hydrogens (tertiary/aromatic N) is 1. The number of nitrogens with two attached hydrogens (primary N) is 1. The van der Waals surface area contributed by atoms with Gasteiger partial charge in [-0.15, -0.1) is 0 Å². The Morgan fingerprint density at radius 1 is 1.50 bits per heavy atom. The van der Waals surface area contributed by atoms with Gasteiger partial charge in [0.05, 0.1) is 10.9 Å². The van der Waals surface area contributed by atoms with E-state index in [2.05, 4.69) is 0 Å². The normalized spacial score (nSPS) is 21.8. The Kier molecular flexibility index (Phi) is 6.27. The number of thiocarbonyl (C=S) groups is 1. The molecular formula is C12H22N2O3S3. The molecule has 116 valence electrons. The van der Waals surface area contributed by atoms with Crippen molar-refractivity contribution in [2.24, 2.45) is 17.6 Å². The summed E-state index contributed by atoms with van der Waals surface area (Å²) < 4.78 is 24.3. The molecule has 1 fully saturated rings. The van der Waals surface area contributed by atoms with Crippen LogP contribution in [0.5, 0.6) is 0 Å². The van der Waals surface area contributed by atoms with Gasteiger partial charge in [-0.25, -0.2) is 8.42 Å². The van der Waals surface area contributed by atoms with E-state index in [0.29, 0.717) is 12.3 Å². The predicted octanol–water partition coefficient (Wildman–Crippen LogP) is 0.881. The lowest BCUT2D eigenvalue weighted by molar-refractivity contribution is -0.134. The summed E-state index contributed by atoms with van der Waals surface area (Å²) in [7, 11) is -3.30. The van der Waals surface area contributed by atoms with Gasteiger partial charge in [-0.2, -0.15) is 11.8 Å². The monoisotopic (exact) mass is 338 g/mol. The van der Waals surface area contributed by atoms with E-state index in [1.807, 2.05) is 13.8 Å². The Hall–Kier alpha value is -0.340. The van der Waals surface area contributed by atoms with Gasteiger partial charge in [0.25, 0.3) is 0 Å². The second-order valence-corrected chi connectivity index (χ2v) is 9.21. The van der Waals surface area contributed by atoms with Crippen LogP contribution in [0.15, 0.2) is 0 Å². The average molecular weight is 339 g/mol. The van der Waals surface area contributed by atoms with Gasteiger partial charge in [-0.1, -0.05) is 33.0 Å². The molecule has 8 heteroatoms. The summed E-state index contributed by atoms with van der Waals surface area (Å²) in [6.07, 6.45) is 0. The highest BCUT2D eigenvalue weighted by atomic mass is 32.2. The molecule has 0 aliphatic carbocycles. The topological polar surface area (TPSA) is 80.5 Å². The van der Waals surface area contributed by atoms with Crippen LogP contribution in [0.3, 0.4) is 0 Å². The van der Waals surface area contributed by atoms with Gasteiger partial charge in [0.2, 0.25) is 5.91 Å². The van der Waals surface area contributed by atoms with E-state index in [-0.39, 0.29) is 22.6 Å². The summed E-state index contributed by atoms with van der Waals surface area (Å²) in [5.74, 6) is 0.298. The first-order valence-corrected chi connectivity index (χ1v) is 9.89. The number of amides is 1. The second-order valence-electron chi connectivity index (χ2n) is 5.14. The molecule has 1 heterocycles. The third-order valence-electron chi connectivity index (χ3n) is 3.42. The van der Waals surface area contributed by atoms with Crippen LogP contribution in [0.2, 0.25) is 0 Å². The molecule has 0 saturated carbocycles. The van der Waals surface area contributed by atoms with Crippen LogP contribution in [-0.2, 0) is 14.6 Å². The van der Waals surface area contributed by atoms with E-state index >= 15 is 0 Å². The highest BCUT2D eigenvalue weighted by Crippen LogP contribution is 2.25. The minimum absolute atomic E-state index is 0.0292. The van der Waals surface area contributed by atoms with Crippen molar-refractivity contribution in [2.75, 3.05) is 23.8 Å². The van der Waals surface area contributed by atoms with Crippen LogP contribution in [0, 0.1) is 11.8 Å². The van der Waals surface area contributed by atoms with E-state index in [1.54, 1.807) is 18.7 Å². The molecule has 0 spiro atoms. The maximum absolute atomic E-state index is 12.6. The third-order valence-corrected chi connectivity index (χ3v) is 6.97. The summed E-state index contributed by atoms with van der Waals surface area (Å²) >= 11 is 6.53. The van der Waals surface area contributed by atoms with E-state index in [4.69, 9.17) is 18.0 Å². The second kappa shape index (κ2) is 7.09. The van der Waals surface area contributed by atoms with E-state index in [9.17, 15) is 13.2 Å². The number of sulfone groups is 1. The quantitative estimate of drug-likeness (QED) is 0.750. The number of hydrogen-bond acceptors (Lipinski definition) is 5. The first-order chi connectivity index (χ1) is 9.22. The van der Waals surface area contributed by atoms with Crippen molar-refractivity contribution in [3.8, 4) is 0 Å². The molecule has 0 aromatic rings. The molecule has 2 atom stereocenters. The lowest BCUT2D eigenvalue weighted by atomic mass is 9.94. The van der Waals surface area contributed by atoms with Crippen LogP contribution >= 0.6 is 24.0 Å². The lowest BCUT2D eigenvalue weighted by Crippen LogP contribution is -2.54. The van der Waals surface area contributed by atoms with Gasteiger partial charge >= 0.3 is 0 Å². The highest BCUT2D eigenvalue weighted by Gasteiger charge is 2.39. The van der Waals surface area contributed by atoms with Gasteiger partial charge in [0.1, 0.15) is 5.37 Å². The van der Waals surface area contributed by atoms with Gasteiger partial charge < -0.3 is 10.6 Å². The number of rotatable bonds is 5. The van der Waals surface area contributed by atoms with Crippen molar-refractivity contribution in [3.05, 3.63) is 0 Å². The Bertz CT molecular complexity index is 476. The molecule has 0 bridgehead atoms. The molecule has 1 rings (SSSR count). The number of hydrogen-bond donors (Lipinski definition) is 1. The molecule has 2 unspecified atom stereocenters. The van der Waals surface area contributed by atoms with Crippen molar-refractivity contribution in [1.29, 1.82) is 0 Å². The summed E-state index contributed by atoms with van der Waals surface area (Å²) in [6.45, 7) is 5.76. The summed E-state index contributed by atoms with van der Waals surface area (Å²) in [5, 5.41) is -0.755. The number of thioether (sulfide) groups is 1. The maximum Gasteiger partial charge on any atom is 0.233 e. The first kappa shape index (κ1) is 17.7. The maximum atomic E-state index is 12.6. The van der Waals surface area contributed by atoms with Gasteiger partial charge in [0, 0.05) is 23.8 Å². The molecule has 1 aliphatic heterocycles. The zero-order valence-electron chi connectivity index (χ0n) is 12.0. The van der Waals surface area contributed by atoms with Crippen LogP contribution in [0.4, 0.5) is 0 Å². The highest BCUT2D eigenvalue weighted by molar-refractivity contribution is 8.01. The molecule has 5 nitrogen and oxygen atoms in total. The fourth-order valence-electron chi connectivity index (χ4n) is 2.24. The van der Waals surface area contributed by atoms with Gasteiger partial charge in [-0.05, 0) is 5.92 Å². The van der Waals surface area contributed by atoms with Crippen molar-refractivity contribution in [1.82, 2.24) is 4.90 Å². The molecule has 1 amide bonds. The lowest BCUT2D eigenvalue weighted by Gasteiger charge is -2.37. The van der Waals surface area contributed by atoms with Crippen LogP contribution in [0.1, 0.15) is 20.8 Å². The molecule has 0 aromatic carbocycles. The standard InChI is InChI=1S/C12H22N2O3S3/c1-4-20(16,17)9-7-19-6-5-14(9)12(15)10(8(2)3)11(13)18/h8-10H,4-7H2,1-3H3,(H2,13,18). The van der Waals surface area contributed by atoms with E-state index < -0.39 is 21.1 Å². The summed E-state index contributed by atoms with van der Waals surface area (Å²) in [6, 6.07) is 0. The average Bonchev–Trinajstić information content (AvgIpc) is 2.37. The van der Waals surface area contributed by atoms with Crippen LogP contribution < -0.4 is 5.73 Å². The Labute approximate surface area is 130 Å². The van der Waals surface area contributed by atoms with Gasteiger partial charge in [0.15, 0.2) is 9.84 Å². The third kappa shape index (κ3) is 3.85. The van der Waals surface area contributed by atoms with Crippen molar-refractivity contribution >= 4 is 44.7 Å². The van der Waals surface area contributed by atoms with Crippen molar-refractivity contribution < 1.29 is 13.2 Å². The Morgan fingerprint density at radius 2 is 2.10 bits per heavy atom. The SMILES string of the molecule is CCS(=O)(=O)C1CSCCN1C(=O)C(C(N)=S)C(C)C. The van der Waals surface area contributed by atoms with E-state index in [0.717, 1.165) is 5.75 Å². The summed E-state index contributed by atoms with van der Waals surface area (Å²) in [4.78, 5) is 14.2. The molecule has 1 aliphatic rings. The van der Waals surface area contributed by atoms with Crippen LogP contribution in [-0.4, -0.2) is 53.4 Å². The molecule has 0 aromatic heterocycles. The zero-order valence-corrected chi connectivity index (χ0v) is 14.5. The van der Waals surface area contributed by atoms with Crippen LogP contribution in [0.25, 0.3) is 0 Å². The van der Waals surface area contributed by atoms with E-state index in [1.165, 1.54) is 4.90 Å². The first-order valence-electron chi connectivity index (χ1n) is 6.61.